The molecule has 0 atom stereocenters. The summed E-state index contributed by atoms with van der Waals surface area (Å²) in [6, 6.07) is 13.7. The fourth-order valence-corrected chi connectivity index (χ4v) is 2.81. The average Bonchev–Trinajstić information content (AvgIpc) is 3.16. The zero-order valence-electron chi connectivity index (χ0n) is 15.7. The number of benzene rings is 2. The molecule has 0 saturated heterocycles. The Labute approximate surface area is 170 Å². The molecule has 3 aromatic rings. The van der Waals surface area contributed by atoms with Crippen molar-refractivity contribution in [1.82, 2.24) is 20.2 Å². The summed E-state index contributed by atoms with van der Waals surface area (Å²) in [6.45, 7) is 0.313. The normalized spacial score (nSPS) is 10.4. The van der Waals surface area contributed by atoms with E-state index >= 15 is 0 Å². The first kappa shape index (κ1) is 20.6. The van der Waals surface area contributed by atoms with E-state index in [1.165, 1.54) is 35.2 Å². The van der Waals surface area contributed by atoms with Crippen LogP contribution >= 0.6 is 0 Å². The molecule has 10 heteroatoms. The van der Waals surface area contributed by atoms with Crippen LogP contribution in [0, 0.1) is 15.9 Å². The Morgan fingerprint density at radius 3 is 2.47 bits per heavy atom. The Morgan fingerprint density at radius 1 is 1.10 bits per heavy atom. The quantitative estimate of drug-likeness (QED) is 0.458. The smallest absolute Gasteiger partial charge is 0.358 e. The summed E-state index contributed by atoms with van der Waals surface area (Å²) in [5.74, 6) is -1.43. The molecule has 1 aromatic heterocycles. The molecule has 0 unspecified atom stereocenters. The van der Waals surface area contributed by atoms with Gasteiger partial charge in [-0.3, -0.25) is 10.1 Å². The van der Waals surface area contributed by atoms with Crippen LogP contribution in [0.1, 0.15) is 12.0 Å². The summed E-state index contributed by atoms with van der Waals surface area (Å²) in [5, 5.41) is 16.1. The van der Waals surface area contributed by atoms with Crippen molar-refractivity contribution < 1.29 is 18.9 Å². The van der Waals surface area contributed by atoms with Crippen LogP contribution < -0.4 is 10.6 Å². The fraction of sp³-hybridized carbons (Fsp3) is 0.150. The molecule has 2 aromatic carbocycles. The number of carbonyl (C=O) groups excluding carboxylic acids is 2. The molecule has 3 amide bonds. The molecular weight excluding hydrogens is 393 g/mol. The first-order chi connectivity index (χ1) is 14.4. The lowest BCUT2D eigenvalue weighted by Gasteiger charge is -2.09. The van der Waals surface area contributed by atoms with Gasteiger partial charge in [0.1, 0.15) is 5.82 Å². The largest absolute Gasteiger partial charge is 0.389 e. The number of imide groups is 1. The first-order valence-electron chi connectivity index (χ1n) is 9.01. The predicted octanol–water partition coefficient (Wildman–Crippen LogP) is 3.01. The fourth-order valence-electron chi connectivity index (χ4n) is 2.81. The van der Waals surface area contributed by atoms with E-state index in [1.54, 1.807) is 0 Å². The summed E-state index contributed by atoms with van der Waals surface area (Å²) in [5.41, 5.74) is 1.43. The van der Waals surface area contributed by atoms with Gasteiger partial charge >= 0.3 is 11.8 Å². The molecule has 0 aliphatic carbocycles. The lowest BCUT2D eigenvalue weighted by molar-refractivity contribution is -0.388. The number of hydrogen-bond donors (Lipinski definition) is 2. The van der Waals surface area contributed by atoms with E-state index in [0.29, 0.717) is 5.56 Å². The predicted molar refractivity (Wildman–Crippen MR) is 106 cm³/mol. The first-order valence-corrected chi connectivity index (χ1v) is 9.01. The molecule has 0 radical (unpaired) electrons. The third kappa shape index (κ3) is 5.25. The molecule has 0 bridgehead atoms. The van der Waals surface area contributed by atoms with Gasteiger partial charge in [-0.1, -0.05) is 30.3 Å². The maximum absolute atomic E-state index is 13.2. The number of halogens is 1. The second kappa shape index (κ2) is 9.41. The average molecular weight is 411 g/mol. The van der Waals surface area contributed by atoms with Crippen LogP contribution in [0.4, 0.5) is 15.0 Å². The van der Waals surface area contributed by atoms with Crippen LogP contribution in [0.3, 0.4) is 0 Å². The topological polar surface area (TPSA) is 119 Å². The Bertz CT molecular complexity index is 1050. The van der Waals surface area contributed by atoms with Crippen molar-refractivity contribution in [1.29, 1.82) is 0 Å². The minimum atomic E-state index is -0.647. The Kier molecular flexibility index (Phi) is 6.48. The molecule has 0 saturated carbocycles. The molecule has 0 aliphatic heterocycles. The van der Waals surface area contributed by atoms with Crippen LogP contribution in [0.5, 0.6) is 0 Å². The van der Waals surface area contributed by atoms with E-state index in [-0.39, 0.29) is 25.2 Å². The van der Waals surface area contributed by atoms with Gasteiger partial charge in [0.2, 0.25) is 12.2 Å². The van der Waals surface area contributed by atoms with E-state index in [0.717, 1.165) is 5.56 Å². The van der Waals surface area contributed by atoms with E-state index in [1.807, 2.05) is 30.3 Å². The molecule has 0 fully saturated rings. The Balaban J connectivity index is 1.61. The number of imidazole rings is 1. The molecule has 0 aliphatic rings. The number of hydrogen-bond acceptors (Lipinski definition) is 5. The van der Waals surface area contributed by atoms with Gasteiger partial charge in [-0.15, -0.1) is 0 Å². The molecule has 3 rings (SSSR count). The van der Waals surface area contributed by atoms with E-state index < -0.39 is 28.5 Å². The third-order valence-corrected chi connectivity index (χ3v) is 4.24. The van der Waals surface area contributed by atoms with Crippen molar-refractivity contribution in [2.45, 2.75) is 19.5 Å². The summed E-state index contributed by atoms with van der Waals surface area (Å²) < 4.78 is 14.6. The molecule has 30 heavy (non-hydrogen) atoms. The Morgan fingerprint density at radius 2 is 1.80 bits per heavy atom. The zero-order valence-corrected chi connectivity index (χ0v) is 15.7. The summed E-state index contributed by atoms with van der Waals surface area (Å²) in [6.07, 6.45) is 1.13. The molecular formula is C20H18FN5O4. The van der Waals surface area contributed by atoms with Gasteiger partial charge in [-0.05, 0) is 39.7 Å². The third-order valence-electron chi connectivity index (χ3n) is 4.24. The van der Waals surface area contributed by atoms with E-state index in [9.17, 15) is 24.1 Å². The molecule has 0 spiro atoms. The molecule has 1 heterocycles. The van der Waals surface area contributed by atoms with Crippen molar-refractivity contribution >= 4 is 17.8 Å². The van der Waals surface area contributed by atoms with Gasteiger partial charge in [0.05, 0.1) is 0 Å². The number of carbonyl (C=O) groups is 2. The number of urea groups is 1. The van der Waals surface area contributed by atoms with Crippen molar-refractivity contribution in [3.8, 4) is 11.3 Å². The number of aryl methyl sites for hydroxylation is 1. The maximum Gasteiger partial charge on any atom is 0.389 e. The number of nitrogens with one attached hydrogen (secondary N) is 2. The summed E-state index contributed by atoms with van der Waals surface area (Å²) in [7, 11) is 0. The lowest BCUT2D eigenvalue weighted by Crippen LogP contribution is -2.39. The Hall–Kier alpha value is -4.08. The van der Waals surface area contributed by atoms with Gasteiger partial charge < -0.3 is 20.0 Å². The second-order valence-corrected chi connectivity index (χ2v) is 6.34. The number of nitro groups is 1. The van der Waals surface area contributed by atoms with Crippen molar-refractivity contribution in [3.63, 3.8) is 0 Å². The summed E-state index contributed by atoms with van der Waals surface area (Å²) in [4.78, 5) is 38.3. The zero-order chi connectivity index (χ0) is 21.5. The minimum Gasteiger partial charge on any atom is -0.358 e. The van der Waals surface area contributed by atoms with Gasteiger partial charge in [0.25, 0.3) is 0 Å². The van der Waals surface area contributed by atoms with Crippen LogP contribution in [0.25, 0.3) is 11.3 Å². The van der Waals surface area contributed by atoms with Crippen molar-refractivity contribution in [2.75, 3.05) is 0 Å². The highest BCUT2D eigenvalue weighted by Crippen LogP contribution is 2.29. The number of rotatable bonds is 7. The molecule has 154 valence electrons. The van der Waals surface area contributed by atoms with Gasteiger partial charge in [-0.2, -0.15) is 0 Å². The SMILES string of the molecule is O=C(CCn1cnc([N+](=O)[O-])c1-c1ccc(F)cc1)NC(=O)NCc1ccccc1. The van der Waals surface area contributed by atoms with Crippen LogP contribution in [-0.2, 0) is 17.9 Å². The van der Waals surface area contributed by atoms with Crippen LogP contribution in [0.15, 0.2) is 60.9 Å². The van der Waals surface area contributed by atoms with Crippen molar-refractivity contribution in [3.05, 3.63) is 82.4 Å². The minimum absolute atomic E-state index is 0.0470. The monoisotopic (exact) mass is 411 g/mol. The van der Waals surface area contributed by atoms with Gasteiger partial charge in [-0.25, -0.2) is 9.18 Å². The highest BCUT2D eigenvalue weighted by molar-refractivity contribution is 5.94. The second-order valence-electron chi connectivity index (χ2n) is 6.34. The highest BCUT2D eigenvalue weighted by Gasteiger charge is 2.23. The standard InChI is InChI=1S/C20H18FN5O4/c21-16-8-6-15(7-9-16)18-19(26(29)30)23-13-25(18)11-10-17(27)24-20(28)22-12-14-4-2-1-3-5-14/h1-9,13H,10-12H2,(H2,22,24,27,28). The number of amides is 3. The van der Waals surface area contributed by atoms with Gasteiger partial charge in [0.15, 0.2) is 5.69 Å². The lowest BCUT2D eigenvalue weighted by atomic mass is 10.1. The van der Waals surface area contributed by atoms with Gasteiger partial charge in [0, 0.05) is 25.1 Å². The van der Waals surface area contributed by atoms with Crippen LogP contribution in [-0.4, -0.2) is 26.4 Å². The maximum atomic E-state index is 13.2. The number of aromatic nitrogens is 2. The molecule has 2 N–H and O–H groups in total. The number of nitrogens with zero attached hydrogens (tertiary/aromatic N) is 3. The van der Waals surface area contributed by atoms with E-state index in [4.69, 9.17) is 0 Å². The summed E-state index contributed by atoms with van der Waals surface area (Å²) >= 11 is 0. The van der Waals surface area contributed by atoms with Crippen molar-refractivity contribution in [2.24, 2.45) is 0 Å². The molecule has 9 nitrogen and oxygen atoms in total. The van der Waals surface area contributed by atoms with E-state index in [2.05, 4.69) is 15.6 Å². The van der Waals surface area contributed by atoms with Crippen LogP contribution in [0.2, 0.25) is 0 Å². The highest BCUT2D eigenvalue weighted by atomic mass is 19.1.